The van der Waals surface area contributed by atoms with Crippen LogP contribution in [0.2, 0.25) is 0 Å². The number of aliphatic hydroxyl groups is 1. The van der Waals surface area contributed by atoms with Crippen molar-refractivity contribution in [3.63, 3.8) is 0 Å². The molecule has 0 unspecified atom stereocenters. The minimum Gasteiger partial charge on any atom is -0.466 e. The molecule has 0 fully saturated rings. The Hall–Kier alpha value is -1.97. The third-order valence-corrected chi connectivity index (χ3v) is 1.02. The van der Waals surface area contributed by atoms with E-state index in [-0.39, 0.29) is 6.61 Å². The number of aliphatic hydroxyl groups excluding tert-OH is 1. The van der Waals surface area contributed by atoms with Crippen LogP contribution in [-0.4, -0.2) is 24.8 Å². The molecule has 3 heteroatoms. The molecule has 0 bridgehead atoms. The number of hydrogen-bond donors (Lipinski definition) is 1. The van der Waals surface area contributed by atoms with E-state index in [4.69, 9.17) is 5.11 Å². The maximum atomic E-state index is 10.5. The zero-order chi connectivity index (χ0) is 10.6. The molecule has 0 aliphatic carbocycles. The van der Waals surface area contributed by atoms with Gasteiger partial charge in [-0.3, -0.25) is 0 Å². The van der Waals surface area contributed by atoms with Crippen LogP contribution in [0.4, 0.5) is 0 Å². The molecule has 0 saturated heterocycles. The van der Waals surface area contributed by atoms with Crippen LogP contribution in [0.25, 0.3) is 0 Å². The number of carbonyl (C=O) groups is 1. The molecule has 0 heterocycles. The molecular weight excluding hydrogens is 180 g/mol. The number of hydrogen-bond acceptors (Lipinski definition) is 3. The van der Waals surface area contributed by atoms with Gasteiger partial charge in [0.1, 0.15) is 0 Å². The lowest BCUT2D eigenvalue weighted by atomic mass is 10.4. The van der Waals surface area contributed by atoms with E-state index in [1.54, 1.807) is 0 Å². The molecule has 1 N–H and O–H groups in total. The van der Waals surface area contributed by atoms with Gasteiger partial charge in [0.15, 0.2) is 0 Å². The monoisotopic (exact) mass is 190 g/mol. The van der Waals surface area contributed by atoms with Gasteiger partial charge in [-0.2, -0.15) is 0 Å². The van der Waals surface area contributed by atoms with Crippen molar-refractivity contribution in [2.24, 2.45) is 0 Å². The Labute approximate surface area is 83.1 Å². The SMILES string of the molecule is COC(=O)/C=C\C#CC#C/C=C/CO. The average molecular weight is 190 g/mol. The van der Waals surface area contributed by atoms with E-state index >= 15 is 0 Å². The van der Waals surface area contributed by atoms with E-state index in [0.717, 1.165) is 0 Å². The summed E-state index contributed by atoms with van der Waals surface area (Å²) in [4.78, 5) is 10.5. The van der Waals surface area contributed by atoms with Crippen LogP contribution in [0, 0.1) is 23.7 Å². The molecule has 0 amide bonds. The molecular formula is C11H10O3. The zero-order valence-corrected chi connectivity index (χ0v) is 7.78. The van der Waals surface area contributed by atoms with Crippen LogP contribution in [0.5, 0.6) is 0 Å². The molecule has 3 nitrogen and oxygen atoms in total. The molecule has 0 aromatic carbocycles. The van der Waals surface area contributed by atoms with Crippen molar-refractivity contribution >= 4 is 5.97 Å². The Kier molecular flexibility index (Phi) is 7.84. The molecule has 0 aromatic rings. The topological polar surface area (TPSA) is 46.5 Å². The third kappa shape index (κ3) is 8.13. The van der Waals surface area contributed by atoms with Crippen LogP contribution >= 0.6 is 0 Å². The quantitative estimate of drug-likeness (QED) is 0.386. The smallest absolute Gasteiger partial charge is 0.331 e. The zero-order valence-electron chi connectivity index (χ0n) is 7.78. The Bertz CT molecular complexity index is 342. The lowest BCUT2D eigenvalue weighted by molar-refractivity contribution is -0.134. The highest BCUT2D eigenvalue weighted by molar-refractivity contribution is 5.82. The third-order valence-electron chi connectivity index (χ3n) is 1.02. The molecule has 0 aliphatic rings. The van der Waals surface area contributed by atoms with Gasteiger partial charge in [-0.1, -0.05) is 17.9 Å². The summed E-state index contributed by atoms with van der Waals surface area (Å²) in [5.74, 6) is 9.63. The molecule has 0 radical (unpaired) electrons. The first-order chi connectivity index (χ1) is 6.81. The standard InChI is InChI=1S/C11H10O3/c1-14-11(13)9-7-5-3-2-4-6-8-10-12/h6-9,12H,10H2,1H3/b8-6+,9-7-. The van der Waals surface area contributed by atoms with Gasteiger partial charge in [-0.05, 0) is 24.0 Å². The van der Waals surface area contributed by atoms with Crippen molar-refractivity contribution in [1.29, 1.82) is 0 Å². The van der Waals surface area contributed by atoms with Crippen LogP contribution in [0.15, 0.2) is 24.3 Å². The summed E-state index contributed by atoms with van der Waals surface area (Å²) < 4.78 is 4.34. The maximum Gasteiger partial charge on any atom is 0.331 e. The summed E-state index contributed by atoms with van der Waals surface area (Å²) >= 11 is 0. The number of ether oxygens (including phenoxy) is 1. The van der Waals surface area contributed by atoms with Crippen molar-refractivity contribution in [2.45, 2.75) is 0 Å². The van der Waals surface area contributed by atoms with E-state index in [1.165, 1.54) is 31.4 Å². The highest BCUT2D eigenvalue weighted by Crippen LogP contribution is 1.75. The van der Waals surface area contributed by atoms with E-state index in [1.807, 2.05) is 0 Å². The van der Waals surface area contributed by atoms with Gasteiger partial charge in [-0.25, -0.2) is 4.79 Å². The summed E-state index contributed by atoms with van der Waals surface area (Å²) in [5.41, 5.74) is 0. The van der Waals surface area contributed by atoms with Gasteiger partial charge < -0.3 is 9.84 Å². The highest BCUT2D eigenvalue weighted by atomic mass is 16.5. The fourth-order valence-corrected chi connectivity index (χ4v) is 0.445. The highest BCUT2D eigenvalue weighted by Gasteiger charge is 1.85. The fraction of sp³-hybridized carbons (Fsp3) is 0.182. The number of esters is 1. The van der Waals surface area contributed by atoms with Crippen molar-refractivity contribution in [3.05, 3.63) is 24.3 Å². The van der Waals surface area contributed by atoms with Crippen LogP contribution in [0.1, 0.15) is 0 Å². The van der Waals surface area contributed by atoms with Crippen molar-refractivity contribution < 1.29 is 14.6 Å². The maximum absolute atomic E-state index is 10.5. The van der Waals surface area contributed by atoms with Crippen LogP contribution < -0.4 is 0 Å². The number of carbonyl (C=O) groups excluding carboxylic acids is 1. The molecule has 0 saturated carbocycles. The van der Waals surface area contributed by atoms with Crippen molar-refractivity contribution in [2.75, 3.05) is 13.7 Å². The molecule has 72 valence electrons. The largest absolute Gasteiger partial charge is 0.466 e. The van der Waals surface area contributed by atoms with Crippen LogP contribution in [0.3, 0.4) is 0 Å². The first kappa shape index (κ1) is 12.0. The van der Waals surface area contributed by atoms with E-state index in [9.17, 15) is 4.79 Å². The van der Waals surface area contributed by atoms with Gasteiger partial charge in [0.2, 0.25) is 0 Å². The second-order valence-electron chi connectivity index (χ2n) is 1.98. The second-order valence-corrected chi connectivity index (χ2v) is 1.98. The van der Waals surface area contributed by atoms with E-state index in [2.05, 4.69) is 28.4 Å². The fourth-order valence-electron chi connectivity index (χ4n) is 0.445. The van der Waals surface area contributed by atoms with Gasteiger partial charge in [0, 0.05) is 6.08 Å². The normalized spacial score (nSPS) is 9.00. The number of rotatable bonds is 2. The Balaban J connectivity index is 3.93. The first-order valence-electron chi connectivity index (χ1n) is 3.82. The molecule has 0 atom stereocenters. The minimum absolute atomic E-state index is 0.0373. The second kappa shape index (κ2) is 9.12. The lowest BCUT2D eigenvalue weighted by Crippen LogP contribution is -1.92. The summed E-state index contributed by atoms with van der Waals surface area (Å²) in [6, 6.07) is 0. The van der Waals surface area contributed by atoms with E-state index in [0.29, 0.717) is 0 Å². The van der Waals surface area contributed by atoms with Gasteiger partial charge in [-0.15, -0.1) is 0 Å². The lowest BCUT2D eigenvalue weighted by Gasteiger charge is -1.84. The minimum atomic E-state index is -0.451. The summed E-state index contributed by atoms with van der Waals surface area (Å²) in [5, 5.41) is 8.34. The molecule has 0 rings (SSSR count). The van der Waals surface area contributed by atoms with Crippen molar-refractivity contribution in [1.82, 2.24) is 0 Å². The van der Waals surface area contributed by atoms with Crippen LogP contribution in [-0.2, 0) is 9.53 Å². The predicted molar refractivity (Wildman–Crippen MR) is 52.9 cm³/mol. The molecule has 0 spiro atoms. The predicted octanol–water partition coefficient (Wildman–Crippen LogP) is 0.271. The molecule has 14 heavy (non-hydrogen) atoms. The molecule has 0 aromatic heterocycles. The Morgan fingerprint density at radius 2 is 2.00 bits per heavy atom. The Morgan fingerprint density at radius 1 is 1.36 bits per heavy atom. The van der Waals surface area contributed by atoms with Gasteiger partial charge in [0.25, 0.3) is 0 Å². The van der Waals surface area contributed by atoms with E-state index < -0.39 is 5.97 Å². The summed E-state index contributed by atoms with van der Waals surface area (Å²) in [6.45, 7) is -0.0373. The molecule has 0 aliphatic heterocycles. The van der Waals surface area contributed by atoms with Gasteiger partial charge in [0.05, 0.1) is 13.7 Å². The number of methoxy groups -OCH3 is 1. The number of allylic oxidation sites excluding steroid dienone is 2. The van der Waals surface area contributed by atoms with Crippen molar-refractivity contribution in [3.8, 4) is 23.7 Å². The summed E-state index contributed by atoms with van der Waals surface area (Å²) in [6.07, 6.45) is 5.56. The average Bonchev–Trinajstić information content (AvgIpc) is 2.21. The Morgan fingerprint density at radius 3 is 2.57 bits per heavy atom. The van der Waals surface area contributed by atoms with Gasteiger partial charge >= 0.3 is 5.97 Å². The first-order valence-corrected chi connectivity index (χ1v) is 3.82. The summed E-state index contributed by atoms with van der Waals surface area (Å²) in [7, 11) is 1.29.